The molecular formula is C44H48N6. The van der Waals surface area contributed by atoms with Crippen LogP contribution in [0.1, 0.15) is 128 Å². The molecule has 2 saturated heterocycles. The fraction of sp³-hybridized carbons (Fsp3) is 0.500. The molecule has 8 aliphatic rings. The van der Waals surface area contributed by atoms with Gasteiger partial charge in [-0.15, -0.1) is 0 Å². The van der Waals surface area contributed by atoms with Gasteiger partial charge in [0.05, 0.1) is 30.2 Å². The van der Waals surface area contributed by atoms with E-state index in [-0.39, 0.29) is 0 Å². The largest absolute Gasteiger partial charge is 0.341 e. The molecule has 3 aromatic carbocycles. The van der Waals surface area contributed by atoms with Crippen LogP contribution in [0.3, 0.4) is 0 Å². The van der Waals surface area contributed by atoms with Crippen LogP contribution in [-0.4, -0.2) is 46.9 Å². The summed E-state index contributed by atoms with van der Waals surface area (Å²) in [6.07, 6.45) is 15.3. The molecule has 0 spiro atoms. The number of nitrogens with zero attached hydrogens (tertiary/aromatic N) is 2. The number of nitrogens with two attached hydrogens (primary N) is 1. The summed E-state index contributed by atoms with van der Waals surface area (Å²) in [5.41, 5.74) is 23.5. The van der Waals surface area contributed by atoms with Crippen molar-refractivity contribution >= 4 is 5.71 Å². The highest BCUT2D eigenvalue weighted by molar-refractivity contribution is 6.02. The topological polar surface area (TPSA) is 91.1 Å². The van der Waals surface area contributed by atoms with Gasteiger partial charge in [-0.3, -0.25) is 4.99 Å². The summed E-state index contributed by atoms with van der Waals surface area (Å²) in [5, 5.41) is 7.53. The van der Waals surface area contributed by atoms with Crippen molar-refractivity contribution in [2.45, 2.75) is 112 Å². The molecule has 12 rings (SSSR count). The van der Waals surface area contributed by atoms with E-state index in [9.17, 15) is 0 Å². The first-order valence-electron chi connectivity index (χ1n) is 19.9. The van der Waals surface area contributed by atoms with Crippen LogP contribution in [0.2, 0.25) is 0 Å². The summed E-state index contributed by atoms with van der Waals surface area (Å²) in [4.78, 5) is 13.7. The van der Waals surface area contributed by atoms with Crippen molar-refractivity contribution in [3.63, 3.8) is 0 Å². The SMILES string of the molecule is NCC(=NCC1CC2CC2N1)c1ccc(-c2ccc(-c3ccc(-c4cnc(C5CC6CC6N5)[nH]4)c4c3C3CCC4C3)c3c2C2CCC3C2)cc1. The molecule has 3 heterocycles. The number of nitrogens with one attached hydrogen (secondary N) is 3. The predicted molar refractivity (Wildman–Crippen MR) is 200 cm³/mol. The lowest BCUT2D eigenvalue weighted by Gasteiger charge is -2.27. The molecule has 6 nitrogen and oxygen atoms in total. The highest BCUT2D eigenvalue weighted by Crippen LogP contribution is 2.62. The fourth-order valence-corrected chi connectivity index (χ4v) is 12.1. The molecule has 4 aromatic rings. The summed E-state index contributed by atoms with van der Waals surface area (Å²) < 4.78 is 0. The number of rotatable bonds is 8. The number of fused-ring (bicyclic) bond motifs is 12. The zero-order valence-corrected chi connectivity index (χ0v) is 28.9. The van der Waals surface area contributed by atoms with E-state index in [0.717, 1.165) is 42.0 Å². The molecule has 6 heteroatoms. The Hall–Kier alpha value is -3.58. The van der Waals surface area contributed by atoms with Gasteiger partial charge in [-0.05, 0) is 150 Å². The second kappa shape index (κ2) is 10.7. The summed E-state index contributed by atoms with van der Waals surface area (Å²) in [6.45, 7) is 1.32. The van der Waals surface area contributed by atoms with E-state index >= 15 is 0 Å². The Morgan fingerprint density at radius 1 is 0.660 bits per heavy atom. The van der Waals surface area contributed by atoms with Crippen molar-refractivity contribution in [2.75, 3.05) is 13.1 Å². The molecular weight excluding hydrogens is 613 g/mol. The van der Waals surface area contributed by atoms with Gasteiger partial charge in [0.15, 0.2) is 0 Å². The number of imidazole rings is 1. The second-order valence-corrected chi connectivity index (χ2v) is 17.4. The van der Waals surface area contributed by atoms with E-state index in [1.807, 2.05) is 0 Å². The number of aromatic nitrogens is 2. The van der Waals surface area contributed by atoms with E-state index in [1.54, 1.807) is 22.3 Å². The zero-order chi connectivity index (χ0) is 32.7. The maximum absolute atomic E-state index is 6.24. The number of aromatic amines is 1. The molecule has 6 aliphatic carbocycles. The molecule has 254 valence electrons. The average Bonchev–Trinajstić information content (AvgIpc) is 3.73. The van der Waals surface area contributed by atoms with E-state index in [0.29, 0.717) is 42.3 Å². The van der Waals surface area contributed by atoms with Crippen molar-refractivity contribution in [3.05, 3.63) is 88.4 Å². The number of H-pyrrole nitrogens is 1. The number of piperidine rings is 2. The van der Waals surface area contributed by atoms with E-state index in [1.165, 1.54) is 103 Å². The third-order valence-electron chi connectivity index (χ3n) is 14.6. The van der Waals surface area contributed by atoms with Gasteiger partial charge in [0.25, 0.3) is 0 Å². The first-order valence-corrected chi connectivity index (χ1v) is 19.9. The van der Waals surface area contributed by atoms with Crippen LogP contribution in [0.15, 0.2) is 59.7 Å². The van der Waals surface area contributed by atoms with Crippen molar-refractivity contribution < 1.29 is 0 Å². The lowest BCUT2D eigenvalue weighted by molar-refractivity contribution is 0.543. The second-order valence-electron chi connectivity index (χ2n) is 17.4. The predicted octanol–water partition coefficient (Wildman–Crippen LogP) is 8.06. The Morgan fingerprint density at radius 2 is 1.26 bits per heavy atom. The quantitative estimate of drug-likeness (QED) is 0.144. The molecule has 0 amide bonds. The smallest absolute Gasteiger partial charge is 0.123 e. The molecule has 10 atom stereocenters. The van der Waals surface area contributed by atoms with Gasteiger partial charge in [0, 0.05) is 30.2 Å². The normalized spacial score (nSPS) is 35.0. The lowest BCUT2D eigenvalue weighted by Crippen LogP contribution is -2.29. The Balaban J connectivity index is 0.895. The van der Waals surface area contributed by atoms with E-state index in [2.05, 4.69) is 70.3 Å². The fourth-order valence-electron chi connectivity index (χ4n) is 12.1. The van der Waals surface area contributed by atoms with Crippen LogP contribution in [0.25, 0.3) is 33.5 Å². The van der Waals surface area contributed by atoms with Gasteiger partial charge in [0.1, 0.15) is 5.82 Å². The van der Waals surface area contributed by atoms with Crippen molar-refractivity contribution in [3.8, 4) is 33.5 Å². The third-order valence-corrected chi connectivity index (χ3v) is 14.6. The molecule has 4 bridgehead atoms. The molecule has 1 aromatic heterocycles. The van der Waals surface area contributed by atoms with Gasteiger partial charge < -0.3 is 21.4 Å². The maximum Gasteiger partial charge on any atom is 0.123 e. The molecule has 10 unspecified atom stereocenters. The third kappa shape index (κ3) is 4.37. The Labute approximate surface area is 295 Å². The maximum atomic E-state index is 6.24. The van der Waals surface area contributed by atoms with Gasteiger partial charge in [0.2, 0.25) is 0 Å². The summed E-state index contributed by atoms with van der Waals surface area (Å²) in [7, 11) is 0. The van der Waals surface area contributed by atoms with Crippen molar-refractivity contribution in [2.24, 2.45) is 22.6 Å². The zero-order valence-electron chi connectivity index (χ0n) is 28.9. The van der Waals surface area contributed by atoms with Gasteiger partial charge in [-0.1, -0.05) is 48.5 Å². The first-order chi connectivity index (χ1) is 24.7. The molecule has 6 fully saturated rings. The molecule has 2 aliphatic heterocycles. The van der Waals surface area contributed by atoms with Crippen LogP contribution >= 0.6 is 0 Å². The summed E-state index contributed by atoms with van der Waals surface area (Å²) in [5.74, 6) is 5.63. The molecule has 5 N–H and O–H groups in total. The van der Waals surface area contributed by atoms with Crippen LogP contribution in [0.5, 0.6) is 0 Å². The van der Waals surface area contributed by atoms with Crippen LogP contribution in [-0.2, 0) is 0 Å². The van der Waals surface area contributed by atoms with Crippen molar-refractivity contribution in [1.82, 2.24) is 20.6 Å². The highest BCUT2D eigenvalue weighted by Gasteiger charge is 2.48. The monoisotopic (exact) mass is 660 g/mol. The lowest BCUT2D eigenvalue weighted by atomic mass is 9.77. The van der Waals surface area contributed by atoms with Gasteiger partial charge >= 0.3 is 0 Å². The van der Waals surface area contributed by atoms with Crippen LogP contribution in [0, 0.1) is 11.8 Å². The Kier molecular flexibility index (Phi) is 6.23. The van der Waals surface area contributed by atoms with Gasteiger partial charge in [-0.2, -0.15) is 0 Å². The number of benzene rings is 3. The first kappa shape index (κ1) is 29.0. The number of hydrogen-bond acceptors (Lipinski definition) is 5. The Morgan fingerprint density at radius 3 is 1.88 bits per heavy atom. The number of hydrogen-bond donors (Lipinski definition) is 4. The van der Waals surface area contributed by atoms with Crippen molar-refractivity contribution in [1.29, 1.82) is 0 Å². The van der Waals surface area contributed by atoms with Crippen LogP contribution in [0.4, 0.5) is 0 Å². The van der Waals surface area contributed by atoms with E-state index in [4.69, 9.17) is 15.7 Å². The Bertz CT molecular complexity index is 2050. The standard InChI is InChI=1S/C44H48N6/c45-19-38(46-20-30-15-28-16-35(28)48-30)23-3-1-22(2-4-23)31-9-10-32(41-25-6-5-24(13-25)40(31)41)33-11-12-34(43-27-8-7-26(14-27)42(33)43)39-21-47-44(50-39)37-18-29-17-36(29)49-37/h1-4,9-12,21,24-30,35-37,48-49H,5-8,13-20,45H2,(H,47,50). The highest BCUT2D eigenvalue weighted by atomic mass is 15.1. The minimum Gasteiger partial charge on any atom is -0.341 e. The molecule has 50 heavy (non-hydrogen) atoms. The summed E-state index contributed by atoms with van der Waals surface area (Å²) >= 11 is 0. The minimum absolute atomic E-state index is 0.393. The number of aliphatic imine (C=N–C) groups is 1. The van der Waals surface area contributed by atoms with Gasteiger partial charge in [-0.25, -0.2) is 4.98 Å². The van der Waals surface area contributed by atoms with Crippen LogP contribution < -0.4 is 16.4 Å². The summed E-state index contributed by atoms with van der Waals surface area (Å²) in [6, 6.07) is 21.5. The molecule has 4 saturated carbocycles. The average molecular weight is 661 g/mol. The minimum atomic E-state index is 0.393. The molecule has 0 radical (unpaired) electrons. The van der Waals surface area contributed by atoms with E-state index < -0.39 is 0 Å².